The number of aromatic nitrogens is 1. The van der Waals surface area contributed by atoms with Gasteiger partial charge in [-0.3, -0.25) is 14.5 Å². The summed E-state index contributed by atoms with van der Waals surface area (Å²) in [7, 11) is 1.57. The standard InChI is InChI=1S/C30H34N2O5/c1-4-6-8-21(9-7-5-2)27-26(28(33)22-12-16-24(36-3)17-13-22)29(34)30(35)32(27)23-14-10-20(11-15-23)25-18-19-37-31-25/h10-19,21,27,33H,4-9H2,1-3H3/b28-26-. The lowest BCUT2D eigenvalue weighted by molar-refractivity contribution is -0.132. The number of carbonyl (C=O) groups excluding carboxylic acids is 2. The Bertz CT molecular complexity index is 1220. The zero-order chi connectivity index (χ0) is 26.4. The molecule has 1 N–H and O–H groups in total. The molecular weight excluding hydrogens is 468 g/mol. The maximum atomic E-state index is 13.5. The molecule has 2 heterocycles. The number of hydrogen-bond donors (Lipinski definition) is 1. The van der Waals surface area contributed by atoms with E-state index in [1.54, 1.807) is 42.3 Å². The zero-order valence-corrected chi connectivity index (χ0v) is 21.6. The van der Waals surface area contributed by atoms with E-state index in [1.165, 1.54) is 6.26 Å². The van der Waals surface area contributed by atoms with Gasteiger partial charge in [-0.1, -0.05) is 56.8 Å². The monoisotopic (exact) mass is 502 g/mol. The number of anilines is 1. The van der Waals surface area contributed by atoms with E-state index in [0.29, 0.717) is 22.7 Å². The number of Topliss-reactive ketones (excluding diaryl/α,β-unsaturated/α-hetero) is 1. The Morgan fingerprint density at radius 2 is 1.65 bits per heavy atom. The molecule has 1 unspecified atom stereocenters. The van der Waals surface area contributed by atoms with Gasteiger partial charge in [0, 0.05) is 22.9 Å². The summed E-state index contributed by atoms with van der Waals surface area (Å²) >= 11 is 0. The number of aliphatic hydroxyl groups excluding tert-OH is 1. The average molecular weight is 503 g/mol. The number of ketones is 1. The first-order valence-electron chi connectivity index (χ1n) is 13.0. The number of aliphatic hydroxyl groups is 1. The van der Waals surface area contributed by atoms with Crippen LogP contribution in [-0.2, 0) is 9.59 Å². The van der Waals surface area contributed by atoms with Gasteiger partial charge < -0.3 is 14.4 Å². The minimum atomic E-state index is -0.656. The highest BCUT2D eigenvalue weighted by Crippen LogP contribution is 2.40. The first-order valence-corrected chi connectivity index (χ1v) is 13.0. The van der Waals surface area contributed by atoms with Gasteiger partial charge in [-0.2, -0.15) is 0 Å². The van der Waals surface area contributed by atoms with Crippen molar-refractivity contribution in [2.24, 2.45) is 5.92 Å². The summed E-state index contributed by atoms with van der Waals surface area (Å²) in [5.41, 5.74) is 2.81. The lowest BCUT2D eigenvalue weighted by Gasteiger charge is -2.32. The van der Waals surface area contributed by atoms with Crippen molar-refractivity contribution in [1.82, 2.24) is 5.16 Å². The van der Waals surface area contributed by atoms with Crippen molar-refractivity contribution in [1.29, 1.82) is 0 Å². The van der Waals surface area contributed by atoms with E-state index in [-0.39, 0.29) is 17.3 Å². The van der Waals surface area contributed by atoms with Crippen molar-refractivity contribution in [2.45, 2.75) is 58.4 Å². The van der Waals surface area contributed by atoms with Gasteiger partial charge >= 0.3 is 0 Å². The normalized spacial score (nSPS) is 17.1. The summed E-state index contributed by atoms with van der Waals surface area (Å²) in [5, 5.41) is 15.4. The molecule has 1 aliphatic heterocycles. The number of hydrogen-bond acceptors (Lipinski definition) is 6. The molecule has 37 heavy (non-hydrogen) atoms. The highest BCUT2D eigenvalue weighted by Gasteiger charge is 2.49. The van der Waals surface area contributed by atoms with Crippen LogP contribution in [0.25, 0.3) is 17.0 Å². The fraction of sp³-hybridized carbons (Fsp3) is 0.367. The maximum absolute atomic E-state index is 13.5. The van der Waals surface area contributed by atoms with Gasteiger partial charge in [-0.05, 0) is 55.2 Å². The van der Waals surface area contributed by atoms with E-state index in [0.717, 1.165) is 44.1 Å². The zero-order valence-electron chi connectivity index (χ0n) is 21.6. The van der Waals surface area contributed by atoms with Crippen molar-refractivity contribution in [2.75, 3.05) is 12.0 Å². The molecule has 1 fully saturated rings. The minimum absolute atomic E-state index is 0.0286. The number of benzene rings is 2. The molecule has 1 atom stereocenters. The third-order valence-electron chi connectivity index (χ3n) is 7.03. The van der Waals surface area contributed by atoms with Crippen LogP contribution >= 0.6 is 0 Å². The first kappa shape index (κ1) is 26.2. The van der Waals surface area contributed by atoms with Crippen LogP contribution in [0.4, 0.5) is 5.69 Å². The second kappa shape index (κ2) is 11.9. The summed E-state index contributed by atoms with van der Waals surface area (Å²) in [6, 6.07) is 15.5. The van der Waals surface area contributed by atoms with Crippen LogP contribution in [0.1, 0.15) is 57.9 Å². The summed E-state index contributed by atoms with van der Waals surface area (Å²) in [6.07, 6.45) is 7.18. The number of carbonyl (C=O) groups is 2. The third-order valence-corrected chi connectivity index (χ3v) is 7.03. The Kier molecular flexibility index (Phi) is 8.43. The average Bonchev–Trinajstić information content (AvgIpc) is 3.56. The van der Waals surface area contributed by atoms with Crippen LogP contribution in [0.5, 0.6) is 5.75 Å². The molecule has 7 heteroatoms. The summed E-state index contributed by atoms with van der Waals surface area (Å²) in [5.74, 6) is -0.750. The van der Waals surface area contributed by atoms with Crippen molar-refractivity contribution >= 4 is 23.1 Å². The molecule has 0 saturated carbocycles. The lowest BCUT2D eigenvalue weighted by atomic mass is 9.83. The molecule has 1 saturated heterocycles. The number of amides is 1. The number of unbranched alkanes of at least 4 members (excludes halogenated alkanes) is 2. The predicted octanol–water partition coefficient (Wildman–Crippen LogP) is 6.60. The van der Waals surface area contributed by atoms with Crippen LogP contribution in [0.15, 0.2) is 71.0 Å². The first-order chi connectivity index (χ1) is 18.0. The molecule has 0 radical (unpaired) electrons. The lowest BCUT2D eigenvalue weighted by Crippen LogP contribution is -2.39. The van der Waals surface area contributed by atoms with E-state index < -0.39 is 17.7 Å². The molecule has 2 aromatic carbocycles. The van der Waals surface area contributed by atoms with Crippen LogP contribution in [-0.4, -0.2) is 35.1 Å². The molecule has 0 bridgehead atoms. The van der Waals surface area contributed by atoms with Crippen molar-refractivity contribution in [3.8, 4) is 17.0 Å². The largest absolute Gasteiger partial charge is 0.507 e. The Morgan fingerprint density at radius 1 is 1.00 bits per heavy atom. The Morgan fingerprint density at radius 3 is 2.19 bits per heavy atom. The second-order valence-electron chi connectivity index (χ2n) is 9.42. The van der Waals surface area contributed by atoms with Gasteiger partial charge in [0.05, 0.1) is 18.7 Å². The molecule has 3 aromatic rings. The quantitative estimate of drug-likeness (QED) is 0.180. The molecule has 194 valence electrons. The van der Waals surface area contributed by atoms with Gasteiger partial charge in [0.15, 0.2) is 0 Å². The van der Waals surface area contributed by atoms with E-state index in [4.69, 9.17) is 9.26 Å². The molecule has 1 aromatic heterocycles. The van der Waals surface area contributed by atoms with Gasteiger partial charge in [-0.25, -0.2) is 0 Å². The maximum Gasteiger partial charge on any atom is 0.299 e. The predicted molar refractivity (Wildman–Crippen MR) is 143 cm³/mol. The Balaban J connectivity index is 1.81. The third kappa shape index (κ3) is 5.45. The molecule has 0 aliphatic carbocycles. The fourth-order valence-electron chi connectivity index (χ4n) is 5.04. The molecule has 0 spiro atoms. The van der Waals surface area contributed by atoms with E-state index >= 15 is 0 Å². The number of methoxy groups -OCH3 is 1. The molecule has 7 nitrogen and oxygen atoms in total. The van der Waals surface area contributed by atoms with Crippen LogP contribution in [0.2, 0.25) is 0 Å². The molecule has 4 rings (SSSR count). The van der Waals surface area contributed by atoms with Crippen LogP contribution in [0.3, 0.4) is 0 Å². The van der Waals surface area contributed by atoms with Crippen LogP contribution in [0, 0.1) is 5.92 Å². The van der Waals surface area contributed by atoms with Gasteiger partial charge in [0.1, 0.15) is 23.5 Å². The number of ether oxygens (including phenoxy) is 1. The summed E-state index contributed by atoms with van der Waals surface area (Å²) < 4.78 is 10.2. The van der Waals surface area contributed by atoms with Gasteiger partial charge in [-0.15, -0.1) is 0 Å². The van der Waals surface area contributed by atoms with E-state index in [2.05, 4.69) is 19.0 Å². The molecule has 1 aliphatic rings. The summed E-state index contributed by atoms with van der Waals surface area (Å²) in [4.78, 5) is 28.6. The number of nitrogens with zero attached hydrogens (tertiary/aromatic N) is 2. The van der Waals surface area contributed by atoms with Gasteiger partial charge in [0.25, 0.3) is 11.7 Å². The Hall–Kier alpha value is -3.87. The fourth-order valence-corrected chi connectivity index (χ4v) is 5.04. The smallest absolute Gasteiger partial charge is 0.299 e. The van der Waals surface area contributed by atoms with Crippen molar-refractivity contribution in [3.63, 3.8) is 0 Å². The number of rotatable bonds is 11. The minimum Gasteiger partial charge on any atom is -0.507 e. The van der Waals surface area contributed by atoms with E-state index in [1.807, 2.05) is 24.3 Å². The molecule has 1 amide bonds. The summed E-state index contributed by atoms with van der Waals surface area (Å²) in [6.45, 7) is 4.27. The topological polar surface area (TPSA) is 92.9 Å². The highest BCUT2D eigenvalue weighted by molar-refractivity contribution is 6.51. The van der Waals surface area contributed by atoms with Gasteiger partial charge in [0.2, 0.25) is 0 Å². The Labute approximate surface area is 217 Å². The molecular formula is C30H34N2O5. The highest BCUT2D eigenvalue weighted by atomic mass is 16.5. The second-order valence-corrected chi connectivity index (χ2v) is 9.42. The van der Waals surface area contributed by atoms with Crippen molar-refractivity contribution < 1.29 is 24.0 Å². The van der Waals surface area contributed by atoms with Crippen LogP contribution < -0.4 is 9.64 Å². The SMILES string of the molecule is CCCCC(CCCC)C1/C(=C(/O)c2ccc(OC)cc2)C(=O)C(=O)N1c1ccc(-c2ccon2)cc1. The van der Waals surface area contributed by atoms with E-state index in [9.17, 15) is 14.7 Å². The van der Waals surface area contributed by atoms with Crippen molar-refractivity contribution in [3.05, 3.63) is 72.0 Å².